The molecule has 0 aliphatic carbocycles. The Balaban J connectivity index is 1.94. The zero-order chi connectivity index (χ0) is 17.7. The third kappa shape index (κ3) is 5.09. The fraction of sp³-hybridized carbons (Fsp3) is 0.278. The first-order chi connectivity index (χ1) is 11.3. The fourth-order valence-electron chi connectivity index (χ4n) is 2.10. The maximum atomic E-state index is 11.9. The zero-order valence-corrected chi connectivity index (χ0v) is 14.8. The number of ether oxygens (including phenoxy) is 1. The number of hydrogen-bond acceptors (Lipinski definition) is 4. The number of anilines is 1. The van der Waals surface area contributed by atoms with Crippen LogP contribution in [0.2, 0.25) is 0 Å². The average Bonchev–Trinajstić information content (AvgIpc) is 2.53. The first kappa shape index (κ1) is 18.0. The highest BCUT2D eigenvalue weighted by Gasteiger charge is 2.09. The van der Waals surface area contributed by atoms with Crippen LogP contribution in [0.5, 0.6) is 5.75 Å². The van der Waals surface area contributed by atoms with Gasteiger partial charge in [0.1, 0.15) is 5.75 Å². The highest BCUT2D eigenvalue weighted by atomic mass is 32.2. The number of hydrogen-bond donors (Lipinski definition) is 1. The van der Waals surface area contributed by atoms with Crippen LogP contribution in [0.1, 0.15) is 25.3 Å². The quantitative estimate of drug-likeness (QED) is 0.871. The molecule has 0 aliphatic rings. The summed E-state index contributed by atoms with van der Waals surface area (Å²) in [5.41, 5.74) is 1.62. The number of rotatable bonds is 6. The molecule has 1 N–H and O–H groups in total. The predicted molar refractivity (Wildman–Crippen MR) is 94.2 cm³/mol. The molecule has 0 spiro atoms. The molecule has 0 bridgehead atoms. The molecule has 0 saturated heterocycles. The van der Waals surface area contributed by atoms with E-state index in [1.165, 1.54) is 17.7 Å². The lowest BCUT2D eigenvalue weighted by molar-refractivity contribution is -0.118. The lowest BCUT2D eigenvalue weighted by atomic mass is 10.0. The summed E-state index contributed by atoms with van der Waals surface area (Å²) in [6.45, 7) is 4.06. The second kappa shape index (κ2) is 7.49. The SMILES string of the molecule is CC(C)c1ccc(OCC(=O)Nc2cccc(S(C)(=O)=O)c2)cc1. The van der Waals surface area contributed by atoms with Crippen LogP contribution in [0.15, 0.2) is 53.4 Å². The molecule has 0 atom stereocenters. The van der Waals surface area contributed by atoms with Gasteiger partial charge < -0.3 is 10.1 Å². The van der Waals surface area contributed by atoms with Crippen molar-refractivity contribution in [1.82, 2.24) is 0 Å². The molecule has 24 heavy (non-hydrogen) atoms. The van der Waals surface area contributed by atoms with Crippen LogP contribution in [0.4, 0.5) is 5.69 Å². The molecule has 128 valence electrons. The Kier molecular flexibility index (Phi) is 5.62. The minimum absolute atomic E-state index is 0.149. The normalized spacial score (nSPS) is 11.3. The van der Waals surface area contributed by atoms with Crippen molar-refractivity contribution in [3.05, 3.63) is 54.1 Å². The summed E-state index contributed by atoms with van der Waals surface area (Å²) in [4.78, 5) is 12.1. The molecule has 0 aromatic heterocycles. The largest absolute Gasteiger partial charge is 0.484 e. The molecule has 0 radical (unpaired) electrons. The summed E-state index contributed by atoms with van der Waals surface area (Å²) >= 11 is 0. The Bertz CT molecular complexity index is 811. The van der Waals surface area contributed by atoms with Crippen molar-refractivity contribution < 1.29 is 17.9 Å². The van der Waals surface area contributed by atoms with Gasteiger partial charge in [0, 0.05) is 11.9 Å². The van der Waals surface area contributed by atoms with Crippen LogP contribution in [-0.2, 0) is 14.6 Å². The second-order valence-corrected chi connectivity index (χ2v) is 7.88. The van der Waals surface area contributed by atoms with Crippen molar-refractivity contribution in [2.75, 3.05) is 18.2 Å². The van der Waals surface area contributed by atoms with E-state index in [1.54, 1.807) is 12.1 Å². The van der Waals surface area contributed by atoms with Crippen LogP contribution >= 0.6 is 0 Å². The number of sulfone groups is 1. The van der Waals surface area contributed by atoms with Gasteiger partial charge >= 0.3 is 0 Å². The minimum atomic E-state index is -3.31. The smallest absolute Gasteiger partial charge is 0.262 e. The lowest BCUT2D eigenvalue weighted by Crippen LogP contribution is -2.20. The van der Waals surface area contributed by atoms with E-state index in [0.29, 0.717) is 17.4 Å². The highest BCUT2D eigenvalue weighted by molar-refractivity contribution is 7.90. The second-order valence-electron chi connectivity index (χ2n) is 5.86. The van der Waals surface area contributed by atoms with Gasteiger partial charge in [-0.1, -0.05) is 32.0 Å². The number of amides is 1. The molecule has 0 aliphatic heterocycles. The molecule has 0 saturated carbocycles. The summed E-state index contributed by atoms with van der Waals surface area (Å²) in [6, 6.07) is 13.7. The van der Waals surface area contributed by atoms with Crippen molar-refractivity contribution in [1.29, 1.82) is 0 Å². The monoisotopic (exact) mass is 347 g/mol. The topological polar surface area (TPSA) is 72.5 Å². The standard InChI is InChI=1S/C18H21NO4S/c1-13(2)14-7-9-16(10-8-14)23-12-18(20)19-15-5-4-6-17(11-15)24(3,21)22/h4-11,13H,12H2,1-3H3,(H,19,20). The molecule has 6 heteroatoms. The molecular weight excluding hydrogens is 326 g/mol. The number of carbonyl (C=O) groups excluding carboxylic acids is 1. The fourth-order valence-corrected chi connectivity index (χ4v) is 2.77. The van der Waals surface area contributed by atoms with Crippen molar-refractivity contribution in [3.8, 4) is 5.75 Å². The van der Waals surface area contributed by atoms with Crippen LogP contribution in [0.25, 0.3) is 0 Å². The third-order valence-electron chi connectivity index (χ3n) is 3.46. The Labute approximate surface area is 142 Å². The maximum absolute atomic E-state index is 11.9. The number of benzene rings is 2. The molecular formula is C18H21NO4S. The Morgan fingerprint density at radius 2 is 1.79 bits per heavy atom. The van der Waals surface area contributed by atoms with Gasteiger partial charge in [-0.3, -0.25) is 4.79 Å². The summed E-state index contributed by atoms with van der Waals surface area (Å²) in [7, 11) is -3.31. The molecule has 2 rings (SSSR count). The van der Waals surface area contributed by atoms with E-state index >= 15 is 0 Å². The molecule has 0 fully saturated rings. The van der Waals surface area contributed by atoms with Crippen LogP contribution in [-0.4, -0.2) is 27.2 Å². The van der Waals surface area contributed by atoms with Gasteiger partial charge in [0.2, 0.25) is 0 Å². The first-order valence-electron chi connectivity index (χ1n) is 7.58. The minimum Gasteiger partial charge on any atom is -0.484 e. The van der Waals surface area contributed by atoms with Gasteiger partial charge in [-0.25, -0.2) is 8.42 Å². The Hall–Kier alpha value is -2.34. The number of nitrogens with one attached hydrogen (secondary N) is 1. The summed E-state index contributed by atoms with van der Waals surface area (Å²) in [5, 5.41) is 2.63. The van der Waals surface area contributed by atoms with E-state index in [0.717, 1.165) is 6.26 Å². The summed E-state index contributed by atoms with van der Waals surface area (Å²) in [6.07, 6.45) is 1.12. The van der Waals surface area contributed by atoms with Crippen molar-refractivity contribution in [2.24, 2.45) is 0 Å². The lowest BCUT2D eigenvalue weighted by Gasteiger charge is -2.10. The zero-order valence-electron chi connectivity index (χ0n) is 13.9. The van der Waals surface area contributed by atoms with E-state index < -0.39 is 9.84 Å². The Morgan fingerprint density at radius 3 is 2.38 bits per heavy atom. The van der Waals surface area contributed by atoms with Crippen molar-refractivity contribution in [3.63, 3.8) is 0 Å². The molecule has 0 unspecified atom stereocenters. The van der Waals surface area contributed by atoms with Crippen molar-refractivity contribution >= 4 is 21.4 Å². The number of carbonyl (C=O) groups is 1. The van der Waals surface area contributed by atoms with Gasteiger partial charge in [-0.2, -0.15) is 0 Å². The Morgan fingerprint density at radius 1 is 1.12 bits per heavy atom. The van der Waals surface area contributed by atoms with E-state index in [1.807, 2.05) is 24.3 Å². The van der Waals surface area contributed by atoms with Gasteiger partial charge in [-0.05, 0) is 41.8 Å². The summed E-state index contributed by atoms with van der Waals surface area (Å²) in [5.74, 6) is 0.692. The van der Waals surface area contributed by atoms with Crippen LogP contribution in [0, 0.1) is 0 Å². The molecule has 0 heterocycles. The average molecular weight is 347 g/mol. The predicted octanol–water partition coefficient (Wildman–Crippen LogP) is 3.23. The molecule has 2 aromatic carbocycles. The van der Waals surface area contributed by atoms with Gasteiger partial charge in [0.15, 0.2) is 16.4 Å². The van der Waals surface area contributed by atoms with Gasteiger partial charge in [0.25, 0.3) is 5.91 Å². The third-order valence-corrected chi connectivity index (χ3v) is 4.57. The van der Waals surface area contributed by atoms with Gasteiger partial charge in [0.05, 0.1) is 4.90 Å². The van der Waals surface area contributed by atoms with E-state index in [2.05, 4.69) is 19.2 Å². The van der Waals surface area contributed by atoms with Crippen LogP contribution < -0.4 is 10.1 Å². The summed E-state index contributed by atoms with van der Waals surface area (Å²) < 4.78 is 28.5. The molecule has 2 aromatic rings. The first-order valence-corrected chi connectivity index (χ1v) is 9.47. The maximum Gasteiger partial charge on any atom is 0.262 e. The van der Waals surface area contributed by atoms with Crippen LogP contribution in [0.3, 0.4) is 0 Å². The van der Waals surface area contributed by atoms with Crippen molar-refractivity contribution in [2.45, 2.75) is 24.7 Å². The van der Waals surface area contributed by atoms with E-state index in [-0.39, 0.29) is 17.4 Å². The van der Waals surface area contributed by atoms with E-state index in [4.69, 9.17) is 4.74 Å². The highest BCUT2D eigenvalue weighted by Crippen LogP contribution is 2.19. The van der Waals surface area contributed by atoms with E-state index in [9.17, 15) is 13.2 Å². The van der Waals surface area contributed by atoms with Gasteiger partial charge in [-0.15, -0.1) is 0 Å². The molecule has 5 nitrogen and oxygen atoms in total. The molecule has 1 amide bonds.